The Morgan fingerprint density at radius 2 is 2.32 bits per heavy atom. The summed E-state index contributed by atoms with van der Waals surface area (Å²) in [5.74, 6) is -0.0674. The van der Waals surface area contributed by atoms with Gasteiger partial charge in [-0.1, -0.05) is 12.1 Å². The summed E-state index contributed by atoms with van der Waals surface area (Å²) in [6.45, 7) is 2.76. The lowest BCUT2D eigenvalue weighted by molar-refractivity contribution is -0.115. The van der Waals surface area contributed by atoms with Gasteiger partial charge in [-0.05, 0) is 31.3 Å². The topological polar surface area (TPSA) is 53.6 Å². The number of benzene rings is 1. The van der Waals surface area contributed by atoms with E-state index in [2.05, 4.69) is 10.6 Å². The second kappa shape index (κ2) is 5.99. The minimum absolute atomic E-state index is 0.0674. The molecule has 0 saturated heterocycles. The molecule has 0 saturated carbocycles. The highest BCUT2D eigenvalue weighted by Gasteiger charge is 2.24. The average Bonchev–Trinajstić information content (AvgIpc) is 2.37. The standard InChI is InChI=1S/C13H17N3O2S/c1-9(8-18-2)14-13(19)16-7-12(17)15-10-5-3-4-6-11(10)16/h3-6,9H,7-8H2,1-2H3,(H,14,19)(H,15,17). The molecule has 1 aliphatic rings. The smallest absolute Gasteiger partial charge is 0.244 e. The summed E-state index contributed by atoms with van der Waals surface area (Å²) in [6, 6.07) is 7.69. The molecule has 1 atom stereocenters. The second-order valence-electron chi connectivity index (χ2n) is 4.46. The first-order valence-corrected chi connectivity index (χ1v) is 6.48. The monoisotopic (exact) mass is 279 g/mol. The number of carbonyl (C=O) groups excluding carboxylic acids is 1. The lowest BCUT2D eigenvalue weighted by Crippen LogP contribution is -2.50. The molecular formula is C13H17N3O2S. The molecule has 0 spiro atoms. The summed E-state index contributed by atoms with van der Waals surface area (Å²) in [4.78, 5) is 13.5. The minimum Gasteiger partial charge on any atom is -0.383 e. The SMILES string of the molecule is COCC(C)NC(=S)N1CC(=O)Nc2ccccc21. The van der Waals surface area contributed by atoms with Crippen LogP contribution in [0.1, 0.15) is 6.92 Å². The molecule has 0 aromatic heterocycles. The van der Waals surface area contributed by atoms with E-state index in [1.54, 1.807) is 12.0 Å². The van der Waals surface area contributed by atoms with Gasteiger partial charge in [-0.25, -0.2) is 0 Å². The van der Waals surface area contributed by atoms with E-state index in [9.17, 15) is 4.79 Å². The van der Waals surface area contributed by atoms with E-state index in [1.807, 2.05) is 31.2 Å². The van der Waals surface area contributed by atoms with Crippen LogP contribution in [-0.2, 0) is 9.53 Å². The Kier molecular flexibility index (Phi) is 4.34. The summed E-state index contributed by atoms with van der Waals surface area (Å²) >= 11 is 5.37. The molecule has 5 nitrogen and oxygen atoms in total. The Morgan fingerprint density at radius 1 is 1.58 bits per heavy atom. The molecule has 0 fully saturated rings. The zero-order valence-electron chi connectivity index (χ0n) is 11.0. The molecule has 1 unspecified atom stereocenters. The molecule has 19 heavy (non-hydrogen) atoms. The minimum atomic E-state index is -0.0674. The van der Waals surface area contributed by atoms with Crippen LogP contribution in [-0.4, -0.2) is 37.3 Å². The lowest BCUT2D eigenvalue weighted by atomic mass is 10.2. The molecule has 1 heterocycles. The molecule has 1 aromatic carbocycles. The summed E-state index contributed by atoms with van der Waals surface area (Å²) in [5, 5.41) is 6.53. The van der Waals surface area contributed by atoms with Crippen LogP contribution in [0, 0.1) is 0 Å². The van der Waals surface area contributed by atoms with Crippen molar-refractivity contribution in [1.29, 1.82) is 0 Å². The predicted molar refractivity (Wildman–Crippen MR) is 79.5 cm³/mol. The summed E-state index contributed by atoms with van der Waals surface area (Å²) in [5.41, 5.74) is 1.69. The normalized spacial score (nSPS) is 15.5. The Morgan fingerprint density at radius 3 is 3.05 bits per heavy atom. The van der Waals surface area contributed by atoms with Gasteiger partial charge in [-0.15, -0.1) is 0 Å². The van der Waals surface area contributed by atoms with E-state index in [4.69, 9.17) is 17.0 Å². The number of amides is 1. The number of methoxy groups -OCH3 is 1. The number of nitrogens with zero attached hydrogens (tertiary/aromatic N) is 1. The third-order valence-corrected chi connectivity index (χ3v) is 3.14. The highest BCUT2D eigenvalue weighted by molar-refractivity contribution is 7.80. The summed E-state index contributed by atoms with van der Waals surface area (Å²) in [7, 11) is 1.64. The van der Waals surface area contributed by atoms with Gasteiger partial charge < -0.3 is 20.3 Å². The number of fused-ring (bicyclic) bond motifs is 1. The largest absolute Gasteiger partial charge is 0.383 e. The molecule has 2 N–H and O–H groups in total. The van der Waals surface area contributed by atoms with Gasteiger partial charge in [0.15, 0.2) is 5.11 Å². The fourth-order valence-corrected chi connectivity index (χ4v) is 2.36. The van der Waals surface area contributed by atoms with Gasteiger partial charge in [0, 0.05) is 13.2 Å². The summed E-state index contributed by atoms with van der Waals surface area (Å²) < 4.78 is 5.06. The van der Waals surface area contributed by atoms with E-state index in [0.717, 1.165) is 11.4 Å². The van der Waals surface area contributed by atoms with Gasteiger partial charge in [-0.2, -0.15) is 0 Å². The lowest BCUT2D eigenvalue weighted by Gasteiger charge is -2.32. The van der Waals surface area contributed by atoms with Crippen LogP contribution in [0.4, 0.5) is 11.4 Å². The van der Waals surface area contributed by atoms with Gasteiger partial charge in [0.2, 0.25) is 5.91 Å². The van der Waals surface area contributed by atoms with Crippen molar-refractivity contribution < 1.29 is 9.53 Å². The molecule has 0 radical (unpaired) electrons. The van der Waals surface area contributed by atoms with Crippen molar-refractivity contribution in [2.75, 3.05) is 30.5 Å². The van der Waals surface area contributed by atoms with Gasteiger partial charge in [0.1, 0.15) is 6.54 Å². The van der Waals surface area contributed by atoms with E-state index in [1.165, 1.54) is 0 Å². The highest BCUT2D eigenvalue weighted by Crippen LogP contribution is 2.28. The van der Waals surface area contributed by atoms with Crippen LogP contribution < -0.4 is 15.5 Å². The van der Waals surface area contributed by atoms with E-state index < -0.39 is 0 Å². The molecular weight excluding hydrogens is 262 g/mol. The number of ether oxygens (including phenoxy) is 1. The Bertz CT molecular complexity index is 493. The predicted octanol–water partition coefficient (Wildman–Crippen LogP) is 1.35. The van der Waals surface area contributed by atoms with Crippen LogP contribution >= 0.6 is 12.2 Å². The zero-order chi connectivity index (χ0) is 13.8. The highest BCUT2D eigenvalue weighted by atomic mass is 32.1. The van der Waals surface area contributed by atoms with Crippen molar-refractivity contribution in [1.82, 2.24) is 5.32 Å². The maximum Gasteiger partial charge on any atom is 0.244 e. The van der Waals surface area contributed by atoms with Gasteiger partial charge in [-0.3, -0.25) is 4.79 Å². The van der Waals surface area contributed by atoms with E-state index >= 15 is 0 Å². The van der Waals surface area contributed by atoms with Crippen molar-refractivity contribution in [2.24, 2.45) is 0 Å². The quantitative estimate of drug-likeness (QED) is 0.818. The number of thiocarbonyl (C=S) groups is 1. The second-order valence-corrected chi connectivity index (χ2v) is 4.84. The van der Waals surface area contributed by atoms with Crippen LogP contribution in [0.15, 0.2) is 24.3 Å². The average molecular weight is 279 g/mol. The summed E-state index contributed by atoms with van der Waals surface area (Å²) in [6.07, 6.45) is 0. The number of para-hydroxylation sites is 2. The molecule has 6 heteroatoms. The Hall–Kier alpha value is -1.66. The van der Waals surface area contributed by atoms with Crippen LogP contribution in [0.25, 0.3) is 0 Å². The van der Waals surface area contributed by atoms with Crippen molar-refractivity contribution in [3.8, 4) is 0 Å². The number of nitrogens with one attached hydrogen (secondary N) is 2. The maximum atomic E-state index is 11.7. The molecule has 1 aromatic rings. The molecule has 1 amide bonds. The number of rotatable bonds is 3. The molecule has 0 bridgehead atoms. The van der Waals surface area contributed by atoms with Gasteiger partial charge in [0.05, 0.1) is 18.0 Å². The maximum absolute atomic E-state index is 11.7. The first kappa shape index (κ1) is 13.8. The van der Waals surface area contributed by atoms with Crippen molar-refractivity contribution >= 4 is 34.6 Å². The third-order valence-electron chi connectivity index (χ3n) is 2.80. The van der Waals surface area contributed by atoms with Gasteiger partial charge >= 0.3 is 0 Å². The fraction of sp³-hybridized carbons (Fsp3) is 0.385. The van der Waals surface area contributed by atoms with Crippen LogP contribution in [0.3, 0.4) is 0 Å². The number of carbonyl (C=O) groups is 1. The molecule has 1 aliphatic heterocycles. The fourth-order valence-electron chi connectivity index (χ4n) is 1.99. The molecule has 0 aliphatic carbocycles. The van der Waals surface area contributed by atoms with Gasteiger partial charge in [0.25, 0.3) is 0 Å². The van der Waals surface area contributed by atoms with Crippen molar-refractivity contribution in [3.63, 3.8) is 0 Å². The first-order valence-electron chi connectivity index (χ1n) is 6.07. The van der Waals surface area contributed by atoms with Crippen molar-refractivity contribution in [3.05, 3.63) is 24.3 Å². The first-order chi connectivity index (χ1) is 9.11. The third kappa shape index (κ3) is 3.21. The zero-order valence-corrected chi connectivity index (χ0v) is 11.8. The van der Waals surface area contributed by atoms with Crippen LogP contribution in [0.2, 0.25) is 0 Å². The van der Waals surface area contributed by atoms with E-state index in [0.29, 0.717) is 11.7 Å². The number of hydrogen-bond donors (Lipinski definition) is 2. The number of anilines is 2. The van der Waals surface area contributed by atoms with Crippen molar-refractivity contribution in [2.45, 2.75) is 13.0 Å². The van der Waals surface area contributed by atoms with E-state index in [-0.39, 0.29) is 18.5 Å². The Balaban J connectivity index is 2.16. The molecule has 2 rings (SSSR count). The molecule has 102 valence electrons. The Labute approximate surface area is 117 Å². The number of hydrogen-bond acceptors (Lipinski definition) is 3. The van der Waals surface area contributed by atoms with Crippen LogP contribution in [0.5, 0.6) is 0 Å².